The molecule has 1 atom stereocenters. The van der Waals surface area contributed by atoms with Crippen LogP contribution in [0.4, 0.5) is 22.0 Å². The lowest BCUT2D eigenvalue weighted by molar-refractivity contribution is -0.257. The molecule has 1 N–H and O–H groups in total. The summed E-state index contributed by atoms with van der Waals surface area (Å²) >= 11 is 0. The minimum atomic E-state index is -6.40. The topological polar surface area (TPSA) is 80.7 Å². The van der Waals surface area contributed by atoms with Crippen molar-refractivity contribution >= 4 is 16.1 Å². The highest BCUT2D eigenvalue weighted by atomic mass is 32.2. The molecule has 11 heteroatoms. The van der Waals surface area contributed by atoms with Gasteiger partial charge in [0, 0.05) is 6.08 Å². The van der Waals surface area contributed by atoms with Crippen molar-refractivity contribution < 1.29 is 44.5 Å². The van der Waals surface area contributed by atoms with Crippen LogP contribution in [-0.2, 0) is 19.6 Å². The summed E-state index contributed by atoms with van der Waals surface area (Å²) in [7, 11) is -6.40. The van der Waals surface area contributed by atoms with Crippen LogP contribution in [0.25, 0.3) is 0 Å². The van der Waals surface area contributed by atoms with Crippen molar-refractivity contribution in [1.29, 1.82) is 0 Å². The van der Waals surface area contributed by atoms with Crippen molar-refractivity contribution in [2.45, 2.75) is 17.5 Å². The second-order valence-electron chi connectivity index (χ2n) is 2.60. The van der Waals surface area contributed by atoms with Crippen LogP contribution in [0.1, 0.15) is 0 Å². The maximum absolute atomic E-state index is 12.7. The van der Waals surface area contributed by atoms with E-state index in [1.165, 1.54) is 0 Å². The minimum Gasteiger partial charge on any atom is -0.442 e. The molecule has 17 heavy (non-hydrogen) atoms. The van der Waals surface area contributed by atoms with Crippen LogP contribution in [0.2, 0.25) is 0 Å². The number of hydrogen-bond donors (Lipinski definition) is 1. The molecule has 0 aromatic carbocycles. The molecular formula is C6H5F5O5S. The average molecular weight is 284 g/mol. The van der Waals surface area contributed by atoms with Crippen LogP contribution >= 0.6 is 0 Å². The van der Waals surface area contributed by atoms with Crippen LogP contribution in [0.3, 0.4) is 0 Å². The molecule has 0 aromatic heterocycles. The van der Waals surface area contributed by atoms with E-state index in [-0.39, 0.29) is 6.08 Å². The fourth-order valence-corrected chi connectivity index (χ4v) is 1.08. The van der Waals surface area contributed by atoms with E-state index in [4.69, 9.17) is 4.55 Å². The molecule has 100 valence electrons. The number of hydrogen-bond acceptors (Lipinski definition) is 4. The van der Waals surface area contributed by atoms with Crippen LogP contribution in [-0.4, -0.2) is 36.5 Å². The second kappa shape index (κ2) is 4.56. The average Bonchev–Trinajstić information content (AvgIpc) is 2.09. The summed E-state index contributed by atoms with van der Waals surface area (Å²) < 4.78 is 93.0. The summed E-state index contributed by atoms with van der Waals surface area (Å²) in [6.07, 6.45) is -10.1. The van der Waals surface area contributed by atoms with Gasteiger partial charge in [0.25, 0.3) is 6.10 Å². The Morgan fingerprint density at radius 2 is 1.71 bits per heavy atom. The highest BCUT2D eigenvalue weighted by molar-refractivity contribution is 7.86. The normalized spacial score (nSPS) is 15.2. The lowest BCUT2D eigenvalue weighted by atomic mass is 10.3. The number of esters is 1. The zero-order valence-electron chi connectivity index (χ0n) is 7.74. The molecule has 0 aliphatic heterocycles. The molecule has 0 saturated heterocycles. The van der Waals surface area contributed by atoms with Crippen molar-refractivity contribution in [3.8, 4) is 0 Å². The molecule has 1 unspecified atom stereocenters. The first-order chi connectivity index (χ1) is 7.34. The first-order valence-corrected chi connectivity index (χ1v) is 5.02. The SMILES string of the molecule is C=CC(=O)OC(C(F)(F)F)C(F)(F)S(=O)(=O)O. The lowest BCUT2D eigenvalue weighted by Crippen LogP contribution is -2.52. The highest BCUT2D eigenvalue weighted by Gasteiger charge is 2.65. The number of ether oxygens (including phenoxy) is 1. The Morgan fingerprint density at radius 3 is 1.94 bits per heavy atom. The Kier molecular flexibility index (Phi) is 4.23. The first-order valence-electron chi connectivity index (χ1n) is 3.58. The number of alkyl halides is 5. The Balaban J connectivity index is 5.50. The van der Waals surface area contributed by atoms with E-state index >= 15 is 0 Å². The van der Waals surface area contributed by atoms with E-state index in [0.29, 0.717) is 0 Å². The molecule has 0 heterocycles. The standard InChI is InChI=1S/C6H5F5O5S/c1-2-3(12)16-4(5(7,8)9)6(10,11)17(13,14)15/h2,4H,1H2,(H,13,14,15). The smallest absolute Gasteiger partial charge is 0.432 e. The maximum atomic E-state index is 12.7. The molecule has 0 aromatic rings. The molecule has 0 amide bonds. The maximum Gasteiger partial charge on any atom is 0.432 e. The quantitative estimate of drug-likeness (QED) is 0.362. The van der Waals surface area contributed by atoms with Gasteiger partial charge in [0.15, 0.2) is 0 Å². The van der Waals surface area contributed by atoms with Crippen LogP contribution in [0.15, 0.2) is 12.7 Å². The third kappa shape index (κ3) is 3.63. The van der Waals surface area contributed by atoms with Gasteiger partial charge >= 0.3 is 27.5 Å². The Morgan fingerprint density at radius 1 is 1.29 bits per heavy atom. The van der Waals surface area contributed by atoms with Crippen LogP contribution < -0.4 is 0 Å². The molecule has 0 fully saturated rings. The molecule has 5 nitrogen and oxygen atoms in total. The van der Waals surface area contributed by atoms with Gasteiger partial charge in [-0.1, -0.05) is 6.58 Å². The Bertz CT molecular complexity index is 411. The van der Waals surface area contributed by atoms with E-state index < -0.39 is 33.6 Å². The van der Waals surface area contributed by atoms with Gasteiger partial charge in [0.05, 0.1) is 0 Å². The van der Waals surface area contributed by atoms with E-state index in [1.54, 1.807) is 0 Å². The largest absolute Gasteiger partial charge is 0.442 e. The summed E-state index contributed by atoms with van der Waals surface area (Å²) in [6, 6.07) is 0. The molecule has 0 bridgehead atoms. The van der Waals surface area contributed by atoms with Crippen molar-refractivity contribution in [2.75, 3.05) is 0 Å². The summed E-state index contributed by atoms with van der Waals surface area (Å²) in [5, 5.41) is -5.72. The van der Waals surface area contributed by atoms with Crippen molar-refractivity contribution in [3.63, 3.8) is 0 Å². The highest BCUT2D eigenvalue weighted by Crippen LogP contribution is 2.37. The predicted octanol–water partition coefficient (Wildman–Crippen LogP) is 1.13. The fraction of sp³-hybridized carbons (Fsp3) is 0.500. The van der Waals surface area contributed by atoms with E-state index in [9.17, 15) is 35.2 Å². The molecule has 0 spiro atoms. The van der Waals surface area contributed by atoms with E-state index in [2.05, 4.69) is 11.3 Å². The number of carbonyl (C=O) groups is 1. The minimum absolute atomic E-state index is 0.124. The van der Waals surface area contributed by atoms with Gasteiger partial charge in [0.1, 0.15) is 0 Å². The zero-order chi connectivity index (χ0) is 14.1. The monoisotopic (exact) mass is 284 g/mol. The third-order valence-corrected chi connectivity index (χ3v) is 2.25. The van der Waals surface area contributed by atoms with Crippen molar-refractivity contribution in [3.05, 3.63) is 12.7 Å². The van der Waals surface area contributed by atoms with E-state index in [0.717, 1.165) is 0 Å². The predicted molar refractivity (Wildman–Crippen MR) is 42.6 cm³/mol. The lowest BCUT2D eigenvalue weighted by Gasteiger charge is -2.25. The van der Waals surface area contributed by atoms with Gasteiger partial charge in [-0.2, -0.15) is 30.4 Å². The number of rotatable bonds is 4. The summed E-state index contributed by atoms with van der Waals surface area (Å²) in [5.74, 6) is -1.92. The molecule has 0 aliphatic carbocycles. The first kappa shape index (κ1) is 15.8. The fourth-order valence-electron chi connectivity index (χ4n) is 0.625. The van der Waals surface area contributed by atoms with Crippen LogP contribution in [0.5, 0.6) is 0 Å². The molecule has 0 saturated carbocycles. The molecule has 0 radical (unpaired) electrons. The van der Waals surface area contributed by atoms with E-state index in [1.807, 2.05) is 0 Å². The van der Waals surface area contributed by atoms with Crippen LogP contribution in [0, 0.1) is 0 Å². The third-order valence-electron chi connectivity index (χ3n) is 1.35. The van der Waals surface area contributed by atoms with Gasteiger partial charge in [-0.05, 0) is 0 Å². The Hall–Kier alpha value is -1.23. The zero-order valence-corrected chi connectivity index (χ0v) is 8.56. The van der Waals surface area contributed by atoms with Gasteiger partial charge in [0.2, 0.25) is 0 Å². The molecular weight excluding hydrogens is 279 g/mol. The summed E-state index contributed by atoms with van der Waals surface area (Å²) in [4.78, 5) is 10.4. The van der Waals surface area contributed by atoms with Gasteiger partial charge < -0.3 is 4.74 Å². The Labute approximate surface area is 91.6 Å². The van der Waals surface area contributed by atoms with Crippen molar-refractivity contribution in [1.82, 2.24) is 0 Å². The summed E-state index contributed by atoms with van der Waals surface area (Å²) in [6.45, 7) is 2.64. The molecule has 0 rings (SSSR count). The number of halogens is 5. The van der Waals surface area contributed by atoms with Gasteiger partial charge in [-0.25, -0.2) is 4.79 Å². The van der Waals surface area contributed by atoms with Gasteiger partial charge in [-0.15, -0.1) is 0 Å². The van der Waals surface area contributed by atoms with Crippen molar-refractivity contribution in [2.24, 2.45) is 0 Å². The second-order valence-corrected chi connectivity index (χ2v) is 4.09. The number of carbonyl (C=O) groups excluding carboxylic acids is 1. The van der Waals surface area contributed by atoms with Gasteiger partial charge in [-0.3, -0.25) is 4.55 Å². The summed E-state index contributed by atoms with van der Waals surface area (Å²) in [5.41, 5.74) is 0. The molecule has 0 aliphatic rings.